The van der Waals surface area contributed by atoms with Crippen molar-refractivity contribution in [1.29, 1.82) is 0 Å². The number of amides is 2. The van der Waals surface area contributed by atoms with Gasteiger partial charge in [0.2, 0.25) is 0 Å². The second kappa shape index (κ2) is 8.21. The molecule has 2 N–H and O–H groups in total. The van der Waals surface area contributed by atoms with Gasteiger partial charge < -0.3 is 19.9 Å². The van der Waals surface area contributed by atoms with Gasteiger partial charge in [-0.05, 0) is 74.7 Å². The van der Waals surface area contributed by atoms with E-state index in [1.165, 1.54) is 0 Å². The molecule has 0 aliphatic rings. The van der Waals surface area contributed by atoms with Crippen LogP contribution in [0, 0.1) is 27.7 Å². The number of carbonyl (C=O) groups excluding carboxylic acids is 1. The van der Waals surface area contributed by atoms with E-state index in [4.69, 9.17) is 4.74 Å². The van der Waals surface area contributed by atoms with Crippen molar-refractivity contribution in [3.63, 3.8) is 0 Å². The van der Waals surface area contributed by atoms with Gasteiger partial charge in [-0.3, -0.25) is 0 Å². The van der Waals surface area contributed by atoms with E-state index >= 15 is 0 Å². The highest BCUT2D eigenvalue weighted by Crippen LogP contribution is 2.27. The molecule has 2 amide bonds. The van der Waals surface area contributed by atoms with Crippen LogP contribution in [-0.2, 0) is 6.54 Å². The molecule has 146 valence electrons. The summed E-state index contributed by atoms with van der Waals surface area (Å²) in [6.45, 7) is 8.59. The van der Waals surface area contributed by atoms with Gasteiger partial charge in [-0.2, -0.15) is 0 Å². The van der Waals surface area contributed by atoms with Crippen molar-refractivity contribution < 1.29 is 9.53 Å². The zero-order valence-corrected chi connectivity index (χ0v) is 17.1. The molecule has 28 heavy (non-hydrogen) atoms. The van der Waals surface area contributed by atoms with Crippen molar-refractivity contribution in [2.24, 2.45) is 0 Å². The van der Waals surface area contributed by atoms with Gasteiger partial charge in [0.15, 0.2) is 0 Å². The molecule has 5 heteroatoms. The third-order valence-corrected chi connectivity index (χ3v) is 4.78. The Hall–Kier alpha value is -3.21. The van der Waals surface area contributed by atoms with Crippen LogP contribution in [0.1, 0.15) is 28.1 Å². The summed E-state index contributed by atoms with van der Waals surface area (Å²) in [6.07, 6.45) is 0. The van der Waals surface area contributed by atoms with Gasteiger partial charge in [0, 0.05) is 23.6 Å². The molecule has 1 heterocycles. The highest BCUT2D eigenvalue weighted by atomic mass is 16.5. The van der Waals surface area contributed by atoms with E-state index < -0.39 is 0 Å². The Morgan fingerprint density at radius 3 is 2.36 bits per heavy atom. The number of hydrogen-bond donors (Lipinski definition) is 2. The van der Waals surface area contributed by atoms with Crippen LogP contribution in [0.2, 0.25) is 0 Å². The van der Waals surface area contributed by atoms with Crippen molar-refractivity contribution in [2.45, 2.75) is 34.2 Å². The Morgan fingerprint density at radius 2 is 1.68 bits per heavy atom. The number of urea groups is 1. The lowest BCUT2D eigenvalue weighted by molar-refractivity contribution is 0.251. The molecule has 2 aromatic carbocycles. The highest BCUT2D eigenvalue weighted by Gasteiger charge is 2.14. The molecule has 0 bridgehead atoms. The van der Waals surface area contributed by atoms with Crippen LogP contribution < -0.4 is 15.4 Å². The molecular weight excluding hydrogens is 350 g/mol. The Bertz CT molecular complexity index is 985. The lowest BCUT2D eigenvalue weighted by Gasteiger charge is -2.14. The number of rotatable bonds is 5. The SMILES string of the molecule is COc1ccccc1-n1c(C)cc(CNC(=O)Nc2cc(C)cc(C)c2)c1C. The minimum atomic E-state index is -0.216. The number of aryl methyl sites for hydroxylation is 3. The van der Waals surface area contributed by atoms with Crippen LogP contribution in [0.4, 0.5) is 10.5 Å². The van der Waals surface area contributed by atoms with Gasteiger partial charge in [-0.25, -0.2) is 4.79 Å². The smallest absolute Gasteiger partial charge is 0.319 e. The van der Waals surface area contributed by atoms with Gasteiger partial charge in [0.25, 0.3) is 0 Å². The molecule has 0 radical (unpaired) electrons. The molecule has 1 aromatic heterocycles. The van der Waals surface area contributed by atoms with E-state index in [0.29, 0.717) is 6.54 Å². The van der Waals surface area contributed by atoms with Crippen LogP contribution in [0.5, 0.6) is 5.75 Å². The summed E-state index contributed by atoms with van der Waals surface area (Å²) in [5.41, 5.74) is 7.27. The van der Waals surface area contributed by atoms with Gasteiger partial charge >= 0.3 is 6.03 Å². The monoisotopic (exact) mass is 377 g/mol. The predicted octanol–water partition coefficient (Wildman–Crippen LogP) is 5.04. The maximum absolute atomic E-state index is 12.3. The summed E-state index contributed by atoms with van der Waals surface area (Å²) in [6, 6.07) is 15.8. The fourth-order valence-electron chi connectivity index (χ4n) is 3.59. The zero-order chi connectivity index (χ0) is 20.3. The number of aromatic nitrogens is 1. The van der Waals surface area contributed by atoms with Crippen molar-refractivity contribution in [2.75, 3.05) is 12.4 Å². The average molecular weight is 377 g/mol. The average Bonchev–Trinajstić information content (AvgIpc) is 2.92. The Kier molecular flexibility index (Phi) is 5.73. The lowest BCUT2D eigenvalue weighted by Crippen LogP contribution is -2.28. The summed E-state index contributed by atoms with van der Waals surface area (Å²) in [4.78, 5) is 12.3. The van der Waals surface area contributed by atoms with E-state index in [0.717, 1.165) is 45.2 Å². The lowest BCUT2D eigenvalue weighted by atomic mass is 10.1. The minimum Gasteiger partial charge on any atom is -0.495 e. The maximum Gasteiger partial charge on any atom is 0.319 e. The summed E-state index contributed by atoms with van der Waals surface area (Å²) >= 11 is 0. The molecule has 0 saturated carbocycles. The Balaban J connectivity index is 1.74. The highest BCUT2D eigenvalue weighted by molar-refractivity contribution is 5.89. The molecule has 0 fully saturated rings. The fourth-order valence-corrected chi connectivity index (χ4v) is 3.59. The maximum atomic E-state index is 12.3. The predicted molar refractivity (Wildman–Crippen MR) is 114 cm³/mol. The van der Waals surface area contributed by atoms with Crippen molar-refractivity contribution in [3.8, 4) is 11.4 Å². The number of nitrogens with one attached hydrogen (secondary N) is 2. The first-order chi connectivity index (χ1) is 13.4. The van der Waals surface area contributed by atoms with E-state index in [1.54, 1.807) is 7.11 Å². The summed E-state index contributed by atoms with van der Waals surface area (Å²) < 4.78 is 7.65. The molecule has 0 atom stereocenters. The van der Waals surface area contributed by atoms with E-state index in [2.05, 4.69) is 41.2 Å². The number of nitrogens with zero attached hydrogens (tertiary/aromatic N) is 1. The summed E-state index contributed by atoms with van der Waals surface area (Å²) in [5, 5.41) is 5.86. The molecule has 0 unspecified atom stereocenters. The van der Waals surface area contributed by atoms with E-state index in [9.17, 15) is 4.79 Å². The minimum absolute atomic E-state index is 0.216. The first-order valence-electron chi connectivity index (χ1n) is 9.33. The normalized spacial score (nSPS) is 10.6. The first kappa shape index (κ1) is 19.5. The van der Waals surface area contributed by atoms with Crippen LogP contribution in [0.25, 0.3) is 5.69 Å². The van der Waals surface area contributed by atoms with Crippen molar-refractivity contribution >= 4 is 11.7 Å². The topological polar surface area (TPSA) is 55.3 Å². The Morgan fingerprint density at radius 1 is 1.00 bits per heavy atom. The van der Waals surface area contributed by atoms with E-state index in [-0.39, 0.29) is 6.03 Å². The van der Waals surface area contributed by atoms with Crippen molar-refractivity contribution in [1.82, 2.24) is 9.88 Å². The number of ether oxygens (including phenoxy) is 1. The van der Waals surface area contributed by atoms with Crippen LogP contribution >= 0.6 is 0 Å². The largest absolute Gasteiger partial charge is 0.495 e. The van der Waals surface area contributed by atoms with Gasteiger partial charge in [0.1, 0.15) is 5.75 Å². The number of hydrogen-bond acceptors (Lipinski definition) is 2. The Labute approximate surface area is 166 Å². The fraction of sp³-hybridized carbons (Fsp3) is 0.261. The number of para-hydroxylation sites is 2. The molecule has 5 nitrogen and oxygen atoms in total. The first-order valence-corrected chi connectivity index (χ1v) is 9.33. The molecule has 3 rings (SSSR count). The van der Waals surface area contributed by atoms with Crippen LogP contribution in [0.15, 0.2) is 48.5 Å². The number of benzene rings is 2. The molecule has 0 aliphatic heterocycles. The number of methoxy groups -OCH3 is 1. The molecular formula is C23H27N3O2. The molecule has 0 spiro atoms. The number of carbonyl (C=O) groups is 1. The summed E-state index contributed by atoms with van der Waals surface area (Å²) in [7, 11) is 1.67. The van der Waals surface area contributed by atoms with Crippen molar-refractivity contribution in [3.05, 3.63) is 76.6 Å². The molecule has 0 saturated heterocycles. The van der Waals surface area contributed by atoms with E-state index in [1.807, 2.05) is 50.2 Å². The van der Waals surface area contributed by atoms with Gasteiger partial charge in [-0.15, -0.1) is 0 Å². The third-order valence-electron chi connectivity index (χ3n) is 4.78. The quantitative estimate of drug-likeness (QED) is 0.654. The van der Waals surface area contributed by atoms with Gasteiger partial charge in [0.05, 0.1) is 12.8 Å². The van der Waals surface area contributed by atoms with Gasteiger partial charge in [-0.1, -0.05) is 18.2 Å². The second-order valence-electron chi connectivity index (χ2n) is 7.09. The summed E-state index contributed by atoms with van der Waals surface area (Å²) in [5.74, 6) is 0.816. The molecule has 3 aromatic rings. The zero-order valence-electron chi connectivity index (χ0n) is 17.1. The third kappa shape index (κ3) is 4.19. The number of anilines is 1. The second-order valence-corrected chi connectivity index (χ2v) is 7.09. The standard InChI is InChI=1S/C23H27N3O2/c1-15-10-16(2)12-20(11-15)25-23(27)24-14-19-13-17(3)26(18(19)4)21-8-6-7-9-22(21)28-5/h6-13H,14H2,1-5H3,(H2,24,25,27). The van der Waals surface area contributed by atoms with Crippen LogP contribution in [0.3, 0.4) is 0 Å². The van der Waals surface area contributed by atoms with Crippen LogP contribution in [-0.4, -0.2) is 17.7 Å². The molecule has 0 aliphatic carbocycles.